The van der Waals surface area contributed by atoms with Gasteiger partial charge in [0, 0.05) is 59.5 Å². The van der Waals surface area contributed by atoms with E-state index < -0.39 is 0 Å². The van der Waals surface area contributed by atoms with Crippen LogP contribution in [0.15, 0.2) is 52.1 Å². The van der Waals surface area contributed by atoms with E-state index in [1.807, 2.05) is 19.2 Å². The average Bonchev–Trinajstić information content (AvgIpc) is 3.33. The van der Waals surface area contributed by atoms with Gasteiger partial charge in [0.1, 0.15) is 12.4 Å². The molecule has 0 spiro atoms. The van der Waals surface area contributed by atoms with Gasteiger partial charge < -0.3 is 24.7 Å². The Morgan fingerprint density at radius 3 is 2.52 bits per heavy atom. The SMILES string of the molecule is CCN1CCN(Cc2ccccc2CNC(=NC)NCCCOCc2ccco2)CC1. The lowest BCUT2D eigenvalue weighted by molar-refractivity contribution is 0.105. The van der Waals surface area contributed by atoms with Crippen molar-refractivity contribution >= 4 is 5.96 Å². The van der Waals surface area contributed by atoms with E-state index >= 15 is 0 Å². The highest BCUT2D eigenvalue weighted by molar-refractivity contribution is 5.79. The maximum Gasteiger partial charge on any atom is 0.191 e. The Labute approximate surface area is 186 Å². The number of ether oxygens (including phenoxy) is 1. The molecule has 1 fully saturated rings. The van der Waals surface area contributed by atoms with Gasteiger partial charge in [-0.25, -0.2) is 0 Å². The average molecular weight is 428 g/mol. The summed E-state index contributed by atoms with van der Waals surface area (Å²) in [5.41, 5.74) is 2.71. The molecule has 3 rings (SSSR count). The number of benzene rings is 1. The van der Waals surface area contributed by atoms with Crippen molar-refractivity contribution in [2.45, 2.75) is 33.0 Å². The van der Waals surface area contributed by atoms with Gasteiger partial charge in [-0.05, 0) is 36.2 Å². The third-order valence-corrected chi connectivity index (χ3v) is 5.68. The molecule has 0 atom stereocenters. The number of likely N-dealkylation sites (N-methyl/N-ethyl adjacent to an activating group) is 1. The second-order valence-corrected chi connectivity index (χ2v) is 7.82. The largest absolute Gasteiger partial charge is 0.467 e. The van der Waals surface area contributed by atoms with Gasteiger partial charge in [-0.1, -0.05) is 31.2 Å². The van der Waals surface area contributed by atoms with Crippen molar-refractivity contribution in [2.75, 3.05) is 52.9 Å². The molecule has 7 heteroatoms. The summed E-state index contributed by atoms with van der Waals surface area (Å²) in [6, 6.07) is 12.5. The van der Waals surface area contributed by atoms with Crippen LogP contribution in [0.25, 0.3) is 0 Å². The Bertz CT molecular complexity index is 770. The van der Waals surface area contributed by atoms with Crippen molar-refractivity contribution in [3.05, 3.63) is 59.5 Å². The van der Waals surface area contributed by atoms with Crippen LogP contribution in [0.1, 0.15) is 30.2 Å². The highest BCUT2D eigenvalue weighted by Gasteiger charge is 2.16. The molecule has 0 radical (unpaired) electrons. The predicted molar refractivity (Wildman–Crippen MR) is 125 cm³/mol. The van der Waals surface area contributed by atoms with Crippen LogP contribution in [0.2, 0.25) is 0 Å². The normalized spacial score (nSPS) is 15.9. The number of piperazine rings is 1. The molecule has 1 aromatic heterocycles. The first-order valence-electron chi connectivity index (χ1n) is 11.3. The fourth-order valence-corrected chi connectivity index (χ4v) is 3.74. The van der Waals surface area contributed by atoms with Crippen molar-refractivity contribution in [1.29, 1.82) is 0 Å². The van der Waals surface area contributed by atoms with Gasteiger partial charge in [0.2, 0.25) is 0 Å². The molecule has 1 saturated heterocycles. The van der Waals surface area contributed by atoms with Crippen LogP contribution in [0, 0.1) is 0 Å². The van der Waals surface area contributed by atoms with Crippen LogP contribution in [0.4, 0.5) is 0 Å². The smallest absolute Gasteiger partial charge is 0.191 e. The number of furan rings is 1. The van der Waals surface area contributed by atoms with Crippen molar-refractivity contribution in [3.63, 3.8) is 0 Å². The monoisotopic (exact) mass is 427 g/mol. The second-order valence-electron chi connectivity index (χ2n) is 7.82. The zero-order valence-corrected chi connectivity index (χ0v) is 19.0. The van der Waals surface area contributed by atoms with Crippen LogP contribution in [-0.4, -0.2) is 68.7 Å². The van der Waals surface area contributed by atoms with Crippen molar-refractivity contribution in [3.8, 4) is 0 Å². The van der Waals surface area contributed by atoms with E-state index in [1.54, 1.807) is 6.26 Å². The summed E-state index contributed by atoms with van der Waals surface area (Å²) in [5, 5.41) is 6.81. The van der Waals surface area contributed by atoms with Gasteiger partial charge in [-0.2, -0.15) is 0 Å². The summed E-state index contributed by atoms with van der Waals surface area (Å²) in [7, 11) is 1.81. The highest BCUT2D eigenvalue weighted by atomic mass is 16.5. The molecule has 0 saturated carbocycles. The van der Waals surface area contributed by atoms with Crippen LogP contribution in [-0.2, 0) is 24.4 Å². The number of nitrogens with zero attached hydrogens (tertiary/aromatic N) is 3. The lowest BCUT2D eigenvalue weighted by Crippen LogP contribution is -2.45. The summed E-state index contributed by atoms with van der Waals surface area (Å²) in [6.45, 7) is 11.8. The molecule has 31 heavy (non-hydrogen) atoms. The second kappa shape index (κ2) is 13.1. The van der Waals surface area contributed by atoms with Crippen molar-refractivity contribution in [1.82, 2.24) is 20.4 Å². The van der Waals surface area contributed by atoms with Crippen LogP contribution >= 0.6 is 0 Å². The van der Waals surface area contributed by atoms with E-state index in [4.69, 9.17) is 9.15 Å². The van der Waals surface area contributed by atoms with Crippen LogP contribution in [0.5, 0.6) is 0 Å². The Morgan fingerprint density at radius 2 is 1.81 bits per heavy atom. The Kier molecular flexibility index (Phi) is 9.89. The highest BCUT2D eigenvalue weighted by Crippen LogP contribution is 2.13. The zero-order valence-electron chi connectivity index (χ0n) is 19.0. The van der Waals surface area contributed by atoms with E-state index in [9.17, 15) is 0 Å². The summed E-state index contributed by atoms with van der Waals surface area (Å²) in [4.78, 5) is 9.42. The lowest BCUT2D eigenvalue weighted by atomic mass is 10.1. The van der Waals surface area contributed by atoms with E-state index in [0.29, 0.717) is 13.2 Å². The number of rotatable bonds is 11. The summed E-state index contributed by atoms with van der Waals surface area (Å²) in [5.74, 6) is 1.67. The van der Waals surface area contributed by atoms with Crippen LogP contribution < -0.4 is 10.6 Å². The minimum atomic E-state index is 0.518. The summed E-state index contributed by atoms with van der Waals surface area (Å²) < 4.78 is 10.9. The number of aliphatic imine (C=N–C) groups is 1. The zero-order chi connectivity index (χ0) is 21.7. The molecule has 170 valence electrons. The van der Waals surface area contributed by atoms with Gasteiger partial charge in [0.05, 0.1) is 6.26 Å². The van der Waals surface area contributed by atoms with Gasteiger partial charge in [-0.3, -0.25) is 9.89 Å². The third-order valence-electron chi connectivity index (χ3n) is 5.68. The molecule has 2 heterocycles. The molecule has 1 aliphatic rings. The summed E-state index contributed by atoms with van der Waals surface area (Å²) >= 11 is 0. The lowest BCUT2D eigenvalue weighted by Gasteiger charge is -2.34. The Morgan fingerprint density at radius 1 is 1.03 bits per heavy atom. The molecular formula is C24H37N5O2. The molecule has 1 aromatic carbocycles. The topological polar surface area (TPSA) is 65.3 Å². The van der Waals surface area contributed by atoms with E-state index in [2.05, 4.69) is 56.6 Å². The van der Waals surface area contributed by atoms with Crippen LogP contribution in [0.3, 0.4) is 0 Å². The van der Waals surface area contributed by atoms with Crippen molar-refractivity contribution < 1.29 is 9.15 Å². The van der Waals surface area contributed by atoms with E-state index in [-0.39, 0.29) is 0 Å². The number of nitrogens with one attached hydrogen (secondary N) is 2. The first-order valence-corrected chi connectivity index (χ1v) is 11.3. The van der Waals surface area contributed by atoms with E-state index in [0.717, 1.165) is 57.4 Å². The Hall–Kier alpha value is -2.35. The first kappa shape index (κ1) is 23.3. The van der Waals surface area contributed by atoms with Gasteiger partial charge in [-0.15, -0.1) is 0 Å². The molecular weight excluding hydrogens is 390 g/mol. The fourth-order valence-electron chi connectivity index (χ4n) is 3.74. The fraction of sp³-hybridized carbons (Fsp3) is 0.542. The number of guanidine groups is 1. The quantitative estimate of drug-likeness (QED) is 0.327. The molecule has 2 aromatic rings. The number of hydrogen-bond donors (Lipinski definition) is 2. The van der Waals surface area contributed by atoms with Crippen molar-refractivity contribution in [2.24, 2.45) is 4.99 Å². The van der Waals surface area contributed by atoms with E-state index in [1.165, 1.54) is 24.2 Å². The minimum Gasteiger partial charge on any atom is -0.467 e. The standard InChI is InChI=1S/C24H37N5O2/c1-3-28-12-14-29(15-13-28)19-22-9-5-4-8-21(22)18-27-24(25-2)26-11-7-16-30-20-23-10-6-17-31-23/h4-6,8-10,17H,3,7,11-16,18-20H2,1-2H3,(H2,25,26,27). The molecule has 2 N–H and O–H groups in total. The molecule has 0 aliphatic carbocycles. The molecule has 7 nitrogen and oxygen atoms in total. The predicted octanol–water partition coefficient (Wildman–Crippen LogP) is 2.69. The molecule has 0 unspecified atom stereocenters. The molecule has 0 amide bonds. The van der Waals surface area contributed by atoms with Gasteiger partial charge in [0.15, 0.2) is 5.96 Å². The van der Waals surface area contributed by atoms with Gasteiger partial charge >= 0.3 is 0 Å². The summed E-state index contributed by atoms with van der Waals surface area (Å²) in [6.07, 6.45) is 2.57. The maximum atomic E-state index is 5.62. The number of hydrogen-bond acceptors (Lipinski definition) is 5. The minimum absolute atomic E-state index is 0.518. The first-order chi connectivity index (χ1) is 15.3. The van der Waals surface area contributed by atoms with Gasteiger partial charge in [0.25, 0.3) is 0 Å². The maximum absolute atomic E-state index is 5.62. The molecule has 1 aliphatic heterocycles. The Balaban J connectivity index is 1.37. The third kappa shape index (κ3) is 8.01. The molecule has 0 bridgehead atoms.